The molecule has 0 aliphatic rings. The predicted octanol–water partition coefficient (Wildman–Crippen LogP) is 19.0. The second-order valence-corrected chi connectivity index (χ2v) is 21.4. The van der Waals surface area contributed by atoms with Crippen LogP contribution in [0.3, 0.4) is 0 Å². The third kappa shape index (κ3) is 12.8. The van der Waals surface area contributed by atoms with Crippen LogP contribution >= 0.6 is 0 Å². The van der Waals surface area contributed by atoms with E-state index in [0.717, 1.165) is 111 Å². The van der Waals surface area contributed by atoms with Crippen LogP contribution in [0, 0.1) is 0 Å². The lowest BCUT2D eigenvalue weighted by molar-refractivity contribution is 1.07. The molecule has 0 radical (unpaired) electrons. The maximum atomic E-state index is 4.86. The molecule has 0 amide bonds. The first-order valence-corrected chi connectivity index (χ1v) is 29.5. The van der Waals surface area contributed by atoms with Crippen molar-refractivity contribution < 1.29 is 0 Å². The van der Waals surface area contributed by atoms with Gasteiger partial charge in [-0.3, -0.25) is 19.9 Å². The highest BCUT2D eigenvalue weighted by Crippen LogP contribution is 2.38. The van der Waals surface area contributed by atoms with Crippen molar-refractivity contribution in [1.82, 2.24) is 49.8 Å². The first-order chi connectivity index (χ1) is 44.6. The molecular formula is C80H54N10. The highest BCUT2D eigenvalue weighted by Gasteiger charge is 2.16. The highest BCUT2D eigenvalue weighted by molar-refractivity contribution is 5.86. The van der Waals surface area contributed by atoms with Crippen LogP contribution in [0.5, 0.6) is 0 Å². The minimum absolute atomic E-state index is 0.628. The van der Waals surface area contributed by atoms with Gasteiger partial charge in [0.25, 0.3) is 0 Å². The Bertz CT molecular complexity index is 4340. The molecule has 6 heterocycles. The van der Waals surface area contributed by atoms with Crippen molar-refractivity contribution in [2.45, 2.75) is 0 Å². The number of pyridine rings is 4. The summed E-state index contributed by atoms with van der Waals surface area (Å²) in [6, 6.07) is 95.1. The molecule has 0 spiro atoms. The van der Waals surface area contributed by atoms with Gasteiger partial charge in [-0.1, -0.05) is 212 Å². The van der Waals surface area contributed by atoms with E-state index < -0.39 is 0 Å². The summed E-state index contributed by atoms with van der Waals surface area (Å²) in [6.45, 7) is 0. The molecule has 0 atom stereocenters. The van der Waals surface area contributed by atoms with Crippen LogP contribution in [0.4, 0.5) is 0 Å². The summed E-state index contributed by atoms with van der Waals surface area (Å²) >= 11 is 0. The fraction of sp³-hybridized carbons (Fsp3) is 0. The van der Waals surface area contributed by atoms with Crippen molar-refractivity contribution in [3.8, 4) is 146 Å². The Balaban J connectivity index is 0.000000159. The topological polar surface area (TPSA) is 129 Å². The zero-order valence-corrected chi connectivity index (χ0v) is 48.6. The molecule has 424 valence electrons. The lowest BCUT2D eigenvalue weighted by Gasteiger charge is -2.14. The van der Waals surface area contributed by atoms with Gasteiger partial charge >= 0.3 is 0 Å². The van der Waals surface area contributed by atoms with Gasteiger partial charge in [0, 0.05) is 105 Å². The standard InChI is InChI=1S/C42H28N6.C38H26N4/c1-5-13-31(14-6-1)37-43-38(32-15-7-2-8-16-32)46-41(45-37)35-25-21-29(22-26-35)30-23-27-36(28-24-30)42-47-39(33-17-9-3-10-18-33)44-40(48-42)34-19-11-4-12-20-34;1-6-27(33-17-35(29-8-2-12-39-23-29)21-36(18-33)30-9-3-13-40-24-30)16-28(7-1)34-19-37(31-10-4-14-41-25-31)22-38(20-34)32-11-5-15-42-26-32/h1-28H;1-26H. The summed E-state index contributed by atoms with van der Waals surface area (Å²) in [6.07, 6.45) is 14.9. The van der Waals surface area contributed by atoms with Crippen LogP contribution in [0.1, 0.15) is 0 Å². The van der Waals surface area contributed by atoms with Crippen molar-refractivity contribution in [1.29, 1.82) is 0 Å². The minimum Gasteiger partial charge on any atom is -0.264 e. The number of nitrogens with zero attached hydrogens (tertiary/aromatic N) is 10. The largest absolute Gasteiger partial charge is 0.264 e. The quantitative estimate of drug-likeness (QED) is 0.110. The number of aromatic nitrogens is 10. The van der Waals surface area contributed by atoms with Gasteiger partial charge in [0.2, 0.25) is 0 Å². The van der Waals surface area contributed by atoms with Crippen molar-refractivity contribution in [3.63, 3.8) is 0 Å². The fourth-order valence-electron chi connectivity index (χ4n) is 10.8. The molecule has 0 N–H and O–H groups in total. The second-order valence-electron chi connectivity index (χ2n) is 21.4. The van der Waals surface area contributed by atoms with Crippen molar-refractivity contribution in [2.24, 2.45) is 0 Å². The van der Waals surface area contributed by atoms with Gasteiger partial charge < -0.3 is 0 Å². The van der Waals surface area contributed by atoms with Gasteiger partial charge in [-0.25, -0.2) is 29.9 Å². The molecular weight excluding hydrogens is 1100 g/mol. The Kier molecular flexibility index (Phi) is 16.1. The van der Waals surface area contributed by atoms with Crippen LogP contribution in [-0.2, 0) is 0 Å². The molecule has 9 aromatic carbocycles. The zero-order chi connectivity index (χ0) is 60.3. The van der Waals surface area contributed by atoms with Gasteiger partial charge in [-0.2, -0.15) is 0 Å². The van der Waals surface area contributed by atoms with Gasteiger partial charge in [-0.05, 0) is 122 Å². The summed E-state index contributed by atoms with van der Waals surface area (Å²) < 4.78 is 0. The Labute approximate surface area is 521 Å². The van der Waals surface area contributed by atoms with E-state index in [2.05, 4.69) is 153 Å². The summed E-state index contributed by atoms with van der Waals surface area (Å²) in [5.74, 6) is 3.82. The molecule has 0 unspecified atom stereocenters. The Hall–Kier alpha value is -12.4. The first kappa shape index (κ1) is 55.5. The van der Waals surface area contributed by atoms with Crippen LogP contribution in [0.25, 0.3) is 146 Å². The lowest BCUT2D eigenvalue weighted by Crippen LogP contribution is -2.00. The molecule has 0 aliphatic carbocycles. The second kappa shape index (κ2) is 26.1. The van der Waals surface area contributed by atoms with Gasteiger partial charge in [0.1, 0.15) is 0 Å². The van der Waals surface area contributed by atoms with Crippen molar-refractivity contribution in [3.05, 3.63) is 329 Å². The minimum atomic E-state index is 0.628. The Morgan fingerprint density at radius 1 is 0.133 bits per heavy atom. The van der Waals surface area contributed by atoms with E-state index in [4.69, 9.17) is 29.9 Å². The van der Waals surface area contributed by atoms with E-state index in [0.29, 0.717) is 34.9 Å². The molecule has 10 heteroatoms. The predicted molar refractivity (Wildman–Crippen MR) is 362 cm³/mol. The van der Waals surface area contributed by atoms with E-state index in [1.807, 2.05) is 170 Å². The molecule has 15 aromatic rings. The van der Waals surface area contributed by atoms with Crippen LogP contribution in [0.15, 0.2) is 329 Å². The van der Waals surface area contributed by atoms with Crippen LogP contribution in [-0.4, -0.2) is 49.8 Å². The normalized spacial score (nSPS) is 10.9. The Morgan fingerprint density at radius 3 is 0.556 bits per heavy atom. The summed E-state index contributed by atoms with van der Waals surface area (Å²) in [5, 5.41) is 0. The SMILES string of the molecule is c1ccc(-c2nc(-c3ccccc3)nc(-c3ccc(-c4ccc(-c5nc(-c6ccccc6)nc(-c6ccccc6)n5)cc4)cc3)n2)cc1.c1cncc(-c2cc(-c3cccnc3)cc(-c3cccc(-c4cc(-c5cccnc5)cc(-c5cccnc5)c4)c3)c2)c1. The van der Waals surface area contributed by atoms with E-state index in [9.17, 15) is 0 Å². The maximum absolute atomic E-state index is 4.86. The summed E-state index contributed by atoms with van der Waals surface area (Å²) in [7, 11) is 0. The monoisotopic (exact) mass is 1150 g/mol. The third-order valence-electron chi connectivity index (χ3n) is 15.4. The lowest BCUT2D eigenvalue weighted by atomic mass is 9.91. The number of rotatable bonds is 13. The molecule has 15 rings (SSSR count). The highest BCUT2D eigenvalue weighted by atomic mass is 15.0. The van der Waals surface area contributed by atoms with Crippen LogP contribution < -0.4 is 0 Å². The molecule has 0 saturated heterocycles. The van der Waals surface area contributed by atoms with E-state index in [-0.39, 0.29) is 0 Å². The van der Waals surface area contributed by atoms with E-state index in [1.54, 1.807) is 24.8 Å². The first-order valence-electron chi connectivity index (χ1n) is 29.5. The third-order valence-corrected chi connectivity index (χ3v) is 15.4. The Morgan fingerprint density at radius 2 is 0.322 bits per heavy atom. The van der Waals surface area contributed by atoms with Gasteiger partial charge in [-0.15, -0.1) is 0 Å². The fourth-order valence-corrected chi connectivity index (χ4v) is 10.8. The van der Waals surface area contributed by atoms with Crippen molar-refractivity contribution >= 4 is 0 Å². The summed E-state index contributed by atoms with van der Waals surface area (Å²) in [5.41, 5.74) is 21.1. The molecule has 90 heavy (non-hydrogen) atoms. The van der Waals surface area contributed by atoms with Crippen LogP contribution in [0.2, 0.25) is 0 Å². The molecule has 6 aromatic heterocycles. The van der Waals surface area contributed by atoms with E-state index in [1.165, 1.54) is 0 Å². The molecule has 0 aliphatic heterocycles. The van der Waals surface area contributed by atoms with Gasteiger partial charge in [0.05, 0.1) is 0 Å². The number of benzene rings is 9. The smallest absolute Gasteiger partial charge is 0.164 e. The molecule has 0 bridgehead atoms. The average Bonchev–Trinajstić information content (AvgIpc) is 2.10. The van der Waals surface area contributed by atoms with E-state index >= 15 is 0 Å². The van der Waals surface area contributed by atoms with Crippen molar-refractivity contribution in [2.75, 3.05) is 0 Å². The number of hydrogen-bond donors (Lipinski definition) is 0. The maximum Gasteiger partial charge on any atom is 0.164 e. The molecule has 10 nitrogen and oxygen atoms in total. The molecule has 0 saturated carbocycles. The molecule has 0 fully saturated rings. The number of hydrogen-bond acceptors (Lipinski definition) is 10. The zero-order valence-electron chi connectivity index (χ0n) is 48.6. The summed E-state index contributed by atoms with van der Waals surface area (Å²) in [4.78, 5) is 46.5. The average molecular weight is 1160 g/mol. The van der Waals surface area contributed by atoms with Gasteiger partial charge in [0.15, 0.2) is 34.9 Å².